The number of alkyl halides is 3. The first kappa shape index (κ1) is 39.4. The molecule has 1 N–H and O–H groups in total. The average Bonchev–Trinajstić information content (AvgIpc) is 3.51. The predicted molar refractivity (Wildman–Crippen MR) is 185 cm³/mol. The van der Waals surface area contributed by atoms with Gasteiger partial charge in [-0.2, -0.15) is 13.2 Å². The van der Waals surface area contributed by atoms with Gasteiger partial charge < -0.3 is 20.1 Å². The Labute approximate surface area is 268 Å². The third-order valence-electron chi connectivity index (χ3n) is 7.40. The van der Waals surface area contributed by atoms with E-state index in [0.29, 0.717) is 6.41 Å². The number of halogens is 3. The number of aliphatic imine (C=N–C) groups is 2. The Morgan fingerprint density at radius 2 is 1.67 bits per heavy atom. The van der Waals surface area contributed by atoms with Crippen LogP contribution in [0.4, 0.5) is 24.5 Å². The minimum atomic E-state index is -4.37. The summed E-state index contributed by atoms with van der Waals surface area (Å²) >= 11 is 0. The number of carbonyl (C=O) groups is 1. The number of amides is 1. The number of benzene rings is 2. The summed E-state index contributed by atoms with van der Waals surface area (Å²) in [7, 11) is 3.59. The van der Waals surface area contributed by atoms with Crippen molar-refractivity contribution in [3.8, 4) is 0 Å². The van der Waals surface area contributed by atoms with E-state index in [0.717, 1.165) is 62.8 Å². The fourth-order valence-electron chi connectivity index (χ4n) is 4.98. The number of hydrogen-bond donors (Lipinski definition) is 1. The van der Waals surface area contributed by atoms with Gasteiger partial charge in [0.2, 0.25) is 6.41 Å². The van der Waals surface area contributed by atoms with Gasteiger partial charge in [-0.25, -0.2) is 0 Å². The van der Waals surface area contributed by atoms with Crippen molar-refractivity contribution >= 4 is 30.2 Å². The van der Waals surface area contributed by atoms with E-state index in [-0.39, 0.29) is 5.69 Å². The molecule has 2 saturated heterocycles. The molecular weight excluding hydrogens is 577 g/mol. The summed E-state index contributed by atoms with van der Waals surface area (Å²) in [6.07, 6.45) is 3.45. The van der Waals surface area contributed by atoms with Crippen LogP contribution in [0.1, 0.15) is 58.1 Å². The lowest BCUT2D eigenvalue weighted by Crippen LogP contribution is -2.47. The average molecular weight is 631 g/mol. The van der Waals surface area contributed by atoms with Gasteiger partial charge in [-0.3, -0.25) is 14.7 Å². The van der Waals surface area contributed by atoms with Crippen LogP contribution in [0.2, 0.25) is 0 Å². The Bertz CT molecular complexity index is 1160. The van der Waals surface area contributed by atoms with Crippen molar-refractivity contribution < 1.29 is 18.0 Å². The third-order valence-corrected chi connectivity index (χ3v) is 7.40. The minimum absolute atomic E-state index is 0.129. The molecule has 2 aliphatic heterocycles. The number of piperazine rings is 1. The normalized spacial score (nSPS) is 16.7. The zero-order valence-electron chi connectivity index (χ0n) is 28.0. The number of rotatable bonds is 9. The highest BCUT2D eigenvalue weighted by atomic mass is 19.4. The van der Waals surface area contributed by atoms with Crippen molar-refractivity contribution in [1.82, 2.24) is 9.80 Å². The number of anilines is 2. The maximum atomic E-state index is 12.1. The lowest BCUT2D eigenvalue weighted by Gasteiger charge is -2.39. The maximum absolute atomic E-state index is 12.1. The van der Waals surface area contributed by atoms with Crippen LogP contribution < -0.4 is 10.2 Å². The van der Waals surface area contributed by atoms with Crippen molar-refractivity contribution in [2.45, 2.75) is 53.1 Å². The van der Waals surface area contributed by atoms with Crippen molar-refractivity contribution in [3.05, 3.63) is 71.9 Å². The van der Waals surface area contributed by atoms with Crippen molar-refractivity contribution in [1.29, 1.82) is 0 Å². The van der Waals surface area contributed by atoms with Crippen molar-refractivity contribution in [2.24, 2.45) is 15.9 Å². The SMILES string of the molecule is C=C(CN1CCC(CC)C1)N1CCN(c2ccc(C=NC)cc2)CC1.CC.CCC=NC.O=CNc1cccc(C(F)(F)F)c1. The molecule has 0 saturated carbocycles. The molecule has 1 atom stereocenters. The molecule has 7 nitrogen and oxygen atoms in total. The van der Waals surface area contributed by atoms with E-state index in [2.05, 4.69) is 74.7 Å². The summed E-state index contributed by atoms with van der Waals surface area (Å²) in [5, 5.41) is 2.14. The largest absolute Gasteiger partial charge is 0.416 e. The van der Waals surface area contributed by atoms with Crippen LogP contribution in [0, 0.1) is 5.92 Å². The topological polar surface area (TPSA) is 63.5 Å². The van der Waals surface area contributed by atoms with E-state index < -0.39 is 11.7 Å². The van der Waals surface area contributed by atoms with E-state index in [1.54, 1.807) is 7.05 Å². The molecule has 4 rings (SSSR count). The molecule has 45 heavy (non-hydrogen) atoms. The first-order chi connectivity index (χ1) is 21.6. The highest BCUT2D eigenvalue weighted by molar-refractivity contribution is 5.80. The van der Waals surface area contributed by atoms with Gasteiger partial charge in [-0.05, 0) is 67.4 Å². The van der Waals surface area contributed by atoms with Crippen LogP contribution in [0.3, 0.4) is 0 Å². The second-order valence-electron chi connectivity index (χ2n) is 10.5. The van der Waals surface area contributed by atoms with Gasteiger partial charge in [0.25, 0.3) is 0 Å². The van der Waals surface area contributed by atoms with Crippen molar-refractivity contribution in [3.63, 3.8) is 0 Å². The minimum Gasteiger partial charge on any atom is -0.371 e. The zero-order valence-corrected chi connectivity index (χ0v) is 28.0. The summed E-state index contributed by atoms with van der Waals surface area (Å²) in [4.78, 5) is 25.3. The van der Waals surface area contributed by atoms with E-state index >= 15 is 0 Å². The molecule has 0 aromatic heterocycles. The lowest BCUT2D eigenvalue weighted by molar-refractivity contribution is -0.137. The molecule has 1 unspecified atom stereocenters. The molecule has 0 aliphatic carbocycles. The van der Waals surface area contributed by atoms with Crippen LogP contribution >= 0.6 is 0 Å². The Morgan fingerprint density at radius 1 is 1.00 bits per heavy atom. The number of carbonyl (C=O) groups excluding carboxylic acids is 1. The smallest absolute Gasteiger partial charge is 0.371 e. The van der Waals surface area contributed by atoms with Crippen molar-refractivity contribution in [2.75, 3.05) is 70.1 Å². The summed E-state index contributed by atoms with van der Waals surface area (Å²) < 4.78 is 36.3. The number of hydrogen-bond acceptors (Lipinski definition) is 6. The second-order valence-corrected chi connectivity index (χ2v) is 10.5. The monoisotopic (exact) mass is 630 g/mol. The predicted octanol–water partition coefficient (Wildman–Crippen LogP) is 7.50. The molecule has 2 fully saturated rings. The van der Waals surface area contributed by atoms with E-state index in [1.807, 2.05) is 33.3 Å². The summed E-state index contributed by atoms with van der Waals surface area (Å²) in [5.41, 5.74) is 3.12. The molecule has 2 aromatic carbocycles. The third kappa shape index (κ3) is 14.8. The Kier molecular flexibility index (Phi) is 19.2. The molecule has 0 radical (unpaired) electrons. The molecule has 0 spiro atoms. The molecule has 2 heterocycles. The van der Waals surface area contributed by atoms with E-state index in [1.165, 1.54) is 49.4 Å². The van der Waals surface area contributed by atoms with Gasteiger partial charge >= 0.3 is 6.18 Å². The second kappa shape index (κ2) is 21.9. The molecule has 1 amide bonds. The summed E-state index contributed by atoms with van der Waals surface area (Å²) in [6, 6.07) is 13.1. The van der Waals surface area contributed by atoms with Crippen LogP contribution in [-0.4, -0.2) is 88.5 Å². The fraction of sp³-hybridized carbons (Fsp3) is 0.514. The molecule has 0 bridgehead atoms. The summed E-state index contributed by atoms with van der Waals surface area (Å²) in [5.74, 6) is 0.894. The van der Waals surface area contributed by atoms with Crippen LogP contribution in [0.15, 0.2) is 70.8 Å². The zero-order chi connectivity index (χ0) is 33.7. The van der Waals surface area contributed by atoms with E-state index in [4.69, 9.17) is 0 Å². The first-order valence-corrected chi connectivity index (χ1v) is 15.8. The Hall–Kier alpha value is -3.66. The fourth-order valence-corrected chi connectivity index (χ4v) is 4.98. The molecule has 250 valence electrons. The summed E-state index contributed by atoms with van der Waals surface area (Å²) in [6.45, 7) is 20.6. The highest BCUT2D eigenvalue weighted by Crippen LogP contribution is 2.30. The molecule has 10 heteroatoms. The van der Waals surface area contributed by atoms with Gasteiger partial charge in [-0.1, -0.05) is 58.9 Å². The molecule has 2 aliphatic rings. The van der Waals surface area contributed by atoms with Gasteiger partial charge in [0.05, 0.1) is 5.56 Å². The highest BCUT2D eigenvalue weighted by Gasteiger charge is 2.30. The number of nitrogens with zero attached hydrogens (tertiary/aromatic N) is 5. The number of likely N-dealkylation sites (tertiary alicyclic amines) is 1. The van der Waals surface area contributed by atoms with Crippen LogP contribution in [0.5, 0.6) is 0 Å². The molecular formula is C35H53F3N6O. The van der Waals surface area contributed by atoms with Gasteiger partial charge in [0, 0.05) is 76.7 Å². The maximum Gasteiger partial charge on any atom is 0.416 e. The van der Waals surface area contributed by atoms with Gasteiger partial charge in [0.1, 0.15) is 0 Å². The lowest BCUT2D eigenvalue weighted by atomic mass is 10.1. The Balaban J connectivity index is 0.000000423. The quantitative estimate of drug-likeness (QED) is 0.230. The number of nitrogens with one attached hydrogen (secondary N) is 1. The van der Waals surface area contributed by atoms with Crippen LogP contribution in [0.25, 0.3) is 0 Å². The van der Waals surface area contributed by atoms with Gasteiger partial charge in [-0.15, -0.1) is 0 Å². The standard InChI is InChI=1S/C21H32N4.C8H6F3NO.C4H9N.C2H6/c1-4-19-9-10-23(17-19)16-18(2)24-11-13-25(14-12-24)21-7-5-20(6-8-21)15-22-3;9-8(10,11)6-2-1-3-7(4-6)12-5-13;1-3-4-5-2;1-2/h5-8,15,19H,2,4,9-14,16-17H2,1,3H3;1-5H,(H,12,13);4H,3H2,1-2H3;1-2H3. The Morgan fingerprint density at radius 3 is 2.16 bits per heavy atom. The van der Waals surface area contributed by atoms with Gasteiger partial charge in [0.15, 0.2) is 0 Å². The first-order valence-electron chi connectivity index (χ1n) is 15.8. The molecule has 2 aromatic rings. The van der Waals surface area contributed by atoms with Crippen LogP contribution in [-0.2, 0) is 11.0 Å². The van der Waals surface area contributed by atoms with E-state index in [9.17, 15) is 18.0 Å².